The molecular formula is C11H10ClF3S. The van der Waals surface area contributed by atoms with E-state index in [9.17, 15) is 13.2 Å². The molecule has 0 aromatic heterocycles. The van der Waals surface area contributed by atoms with Crippen LogP contribution in [0.4, 0.5) is 13.2 Å². The number of allylic oxidation sites excluding steroid dienone is 1. The molecule has 0 unspecified atom stereocenters. The van der Waals surface area contributed by atoms with Gasteiger partial charge in [-0.05, 0) is 35.9 Å². The topological polar surface area (TPSA) is 0 Å². The van der Waals surface area contributed by atoms with E-state index in [4.69, 9.17) is 11.6 Å². The fourth-order valence-electron chi connectivity index (χ4n) is 1.21. The van der Waals surface area contributed by atoms with E-state index in [0.29, 0.717) is 17.2 Å². The zero-order chi connectivity index (χ0) is 12.2. The minimum Gasteiger partial charge on any atom is -0.179 e. The highest BCUT2D eigenvalue weighted by molar-refractivity contribution is 7.80. The van der Waals surface area contributed by atoms with E-state index >= 15 is 0 Å². The highest BCUT2D eigenvalue weighted by Gasteiger charge is 2.32. The van der Waals surface area contributed by atoms with E-state index in [1.54, 1.807) is 6.08 Å². The molecule has 88 valence electrons. The zero-order valence-electron chi connectivity index (χ0n) is 8.26. The first-order chi connectivity index (χ1) is 7.45. The molecule has 0 saturated carbocycles. The Morgan fingerprint density at radius 1 is 1.31 bits per heavy atom. The van der Waals surface area contributed by atoms with Crippen molar-refractivity contribution in [3.8, 4) is 0 Å². The van der Waals surface area contributed by atoms with Gasteiger partial charge in [-0.3, -0.25) is 0 Å². The lowest BCUT2D eigenvalue weighted by Crippen LogP contribution is -2.07. The number of hydrogen-bond acceptors (Lipinski definition) is 1. The number of rotatable bonds is 3. The Hall–Kier alpha value is -0.610. The van der Waals surface area contributed by atoms with Crippen molar-refractivity contribution in [1.29, 1.82) is 0 Å². The second kappa shape index (κ2) is 5.64. The molecule has 0 nitrogen and oxygen atoms in total. The second-order valence-electron chi connectivity index (χ2n) is 3.14. The molecule has 5 heteroatoms. The maximum atomic E-state index is 12.6. The third-order valence-electron chi connectivity index (χ3n) is 1.91. The van der Waals surface area contributed by atoms with Crippen LogP contribution in [0.5, 0.6) is 0 Å². The molecule has 0 bridgehead atoms. The zero-order valence-corrected chi connectivity index (χ0v) is 9.91. The predicted molar refractivity (Wildman–Crippen MR) is 64.0 cm³/mol. The SMILES string of the molecule is FC(F)(F)c1ccc(Cl)cc1C=CCCS. The molecule has 1 rings (SSSR count). The van der Waals surface area contributed by atoms with E-state index in [2.05, 4.69) is 12.6 Å². The lowest BCUT2D eigenvalue weighted by molar-refractivity contribution is -0.137. The summed E-state index contributed by atoms with van der Waals surface area (Å²) in [6, 6.07) is 3.53. The van der Waals surface area contributed by atoms with Crippen molar-refractivity contribution in [2.24, 2.45) is 0 Å². The number of hydrogen-bond donors (Lipinski definition) is 1. The number of thiol groups is 1. The highest BCUT2D eigenvalue weighted by atomic mass is 35.5. The van der Waals surface area contributed by atoms with Crippen LogP contribution in [0.2, 0.25) is 5.02 Å². The van der Waals surface area contributed by atoms with Gasteiger partial charge >= 0.3 is 6.18 Å². The molecule has 0 radical (unpaired) electrons. The van der Waals surface area contributed by atoms with E-state index in [-0.39, 0.29) is 5.56 Å². The van der Waals surface area contributed by atoms with E-state index in [0.717, 1.165) is 6.07 Å². The normalized spacial score (nSPS) is 12.3. The third kappa shape index (κ3) is 3.76. The molecule has 0 fully saturated rings. The van der Waals surface area contributed by atoms with Crippen LogP contribution in [0.1, 0.15) is 17.5 Å². The van der Waals surface area contributed by atoms with Crippen LogP contribution in [0, 0.1) is 0 Å². The monoisotopic (exact) mass is 266 g/mol. The molecular weight excluding hydrogens is 257 g/mol. The van der Waals surface area contributed by atoms with Gasteiger partial charge in [-0.15, -0.1) is 0 Å². The smallest absolute Gasteiger partial charge is 0.179 e. The molecule has 0 amide bonds. The summed E-state index contributed by atoms with van der Waals surface area (Å²) >= 11 is 9.63. The van der Waals surface area contributed by atoms with Crippen LogP contribution in [0.3, 0.4) is 0 Å². The molecule has 0 saturated heterocycles. The van der Waals surface area contributed by atoms with Crippen molar-refractivity contribution in [3.05, 3.63) is 40.4 Å². The average molecular weight is 267 g/mol. The summed E-state index contributed by atoms with van der Waals surface area (Å²) in [5, 5.41) is 0.290. The Labute approximate surface area is 103 Å². The molecule has 0 heterocycles. The molecule has 0 spiro atoms. The molecule has 0 N–H and O–H groups in total. The summed E-state index contributed by atoms with van der Waals surface area (Å²) in [6.07, 6.45) is -0.670. The molecule has 0 aliphatic carbocycles. The minimum atomic E-state index is -4.36. The van der Waals surface area contributed by atoms with Crippen LogP contribution in [-0.4, -0.2) is 5.75 Å². The largest absolute Gasteiger partial charge is 0.416 e. The first-order valence-electron chi connectivity index (χ1n) is 4.59. The Bertz CT molecular complexity index is 385. The number of benzene rings is 1. The van der Waals surface area contributed by atoms with Gasteiger partial charge in [-0.25, -0.2) is 0 Å². The molecule has 16 heavy (non-hydrogen) atoms. The summed E-state index contributed by atoms with van der Waals surface area (Å²) in [5.41, 5.74) is -0.589. The Morgan fingerprint density at radius 3 is 2.56 bits per heavy atom. The van der Waals surface area contributed by atoms with E-state index in [1.807, 2.05) is 0 Å². The summed E-state index contributed by atoms with van der Waals surface area (Å²) in [4.78, 5) is 0. The molecule has 1 aromatic carbocycles. The fraction of sp³-hybridized carbons (Fsp3) is 0.273. The van der Waals surface area contributed by atoms with Gasteiger partial charge in [0.2, 0.25) is 0 Å². The molecule has 0 aliphatic heterocycles. The van der Waals surface area contributed by atoms with Gasteiger partial charge in [-0.1, -0.05) is 23.8 Å². The van der Waals surface area contributed by atoms with Gasteiger partial charge in [0.05, 0.1) is 5.56 Å². The first-order valence-corrected chi connectivity index (χ1v) is 5.60. The van der Waals surface area contributed by atoms with E-state index < -0.39 is 11.7 Å². The van der Waals surface area contributed by atoms with Crippen LogP contribution in [-0.2, 0) is 6.18 Å². The van der Waals surface area contributed by atoms with Crippen molar-refractivity contribution in [1.82, 2.24) is 0 Å². The standard InChI is InChI=1S/C11H10ClF3S/c12-9-4-5-10(11(13,14)15)8(7-9)3-1-2-6-16/h1,3-5,7,16H,2,6H2. The van der Waals surface area contributed by atoms with E-state index in [1.165, 1.54) is 18.2 Å². The lowest BCUT2D eigenvalue weighted by atomic mass is 10.1. The van der Waals surface area contributed by atoms with Gasteiger partial charge in [0.25, 0.3) is 0 Å². The molecule has 1 aromatic rings. The van der Waals surface area contributed by atoms with Crippen molar-refractivity contribution in [2.75, 3.05) is 5.75 Å². The predicted octanol–water partition coefficient (Wildman–Crippen LogP) is 4.69. The first kappa shape index (κ1) is 13.5. The van der Waals surface area contributed by atoms with Crippen LogP contribution in [0.25, 0.3) is 6.08 Å². The van der Waals surface area contributed by atoms with Crippen molar-refractivity contribution in [3.63, 3.8) is 0 Å². The van der Waals surface area contributed by atoms with Crippen LogP contribution < -0.4 is 0 Å². The Balaban J connectivity index is 3.09. The van der Waals surface area contributed by atoms with Gasteiger partial charge in [0.15, 0.2) is 0 Å². The summed E-state index contributed by atoms with van der Waals surface area (Å²) in [7, 11) is 0. The van der Waals surface area contributed by atoms with Gasteiger partial charge < -0.3 is 0 Å². The second-order valence-corrected chi connectivity index (χ2v) is 4.03. The summed E-state index contributed by atoms with van der Waals surface area (Å²) in [6.45, 7) is 0. The van der Waals surface area contributed by atoms with Crippen molar-refractivity contribution < 1.29 is 13.2 Å². The van der Waals surface area contributed by atoms with Crippen LogP contribution >= 0.6 is 24.2 Å². The maximum absolute atomic E-state index is 12.6. The highest BCUT2D eigenvalue weighted by Crippen LogP contribution is 2.33. The van der Waals surface area contributed by atoms with Gasteiger partial charge in [-0.2, -0.15) is 25.8 Å². The number of halogens is 4. The fourth-order valence-corrected chi connectivity index (χ4v) is 1.54. The summed E-state index contributed by atoms with van der Waals surface area (Å²) in [5.74, 6) is 0.596. The molecule has 0 atom stereocenters. The van der Waals surface area contributed by atoms with Crippen molar-refractivity contribution >= 4 is 30.3 Å². The van der Waals surface area contributed by atoms with Gasteiger partial charge in [0.1, 0.15) is 0 Å². The minimum absolute atomic E-state index is 0.0850. The number of alkyl halides is 3. The Morgan fingerprint density at radius 2 is 2.00 bits per heavy atom. The molecule has 0 aliphatic rings. The van der Waals surface area contributed by atoms with Crippen LogP contribution in [0.15, 0.2) is 24.3 Å². The van der Waals surface area contributed by atoms with Gasteiger partial charge in [0, 0.05) is 5.02 Å². The third-order valence-corrected chi connectivity index (χ3v) is 2.41. The lowest BCUT2D eigenvalue weighted by Gasteiger charge is -2.10. The maximum Gasteiger partial charge on any atom is 0.416 e. The quantitative estimate of drug-likeness (QED) is 0.754. The average Bonchev–Trinajstić information content (AvgIpc) is 2.16. The Kier molecular flexibility index (Phi) is 4.74. The summed E-state index contributed by atoms with van der Waals surface area (Å²) < 4.78 is 37.8. The van der Waals surface area contributed by atoms with Crippen molar-refractivity contribution in [2.45, 2.75) is 12.6 Å².